The molecule has 28 heavy (non-hydrogen) atoms. The topological polar surface area (TPSA) is 58.6 Å². The highest BCUT2D eigenvalue weighted by Gasteiger charge is 2.12. The smallest absolute Gasteiger partial charge is 0.331 e. The van der Waals surface area contributed by atoms with E-state index in [0.29, 0.717) is 5.69 Å². The fourth-order valence-corrected chi connectivity index (χ4v) is 3.40. The van der Waals surface area contributed by atoms with E-state index in [0.717, 1.165) is 29.2 Å². The molecular formula is C22H24N2O3S. The van der Waals surface area contributed by atoms with Crippen molar-refractivity contribution in [3.63, 3.8) is 0 Å². The molecule has 3 rings (SSSR count). The van der Waals surface area contributed by atoms with Crippen LogP contribution in [-0.2, 0) is 14.3 Å². The molecule has 1 heterocycles. The van der Waals surface area contributed by atoms with Gasteiger partial charge in [0.1, 0.15) is 0 Å². The summed E-state index contributed by atoms with van der Waals surface area (Å²) in [4.78, 5) is 27.3. The lowest BCUT2D eigenvalue weighted by Crippen LogP contribution is -2.20. The Morgan fingerprint density at radius 1 is 1.07 bits per heavy atom. The second-order valence-corrected chi connectivity index (χ2v) is 7.38. The second-order valence-electron chi connectivity index (χ2n) is 6.50. The average molecular weight is 397 g/mol. The van der Waals surface area contributed by atoms with E-state index in [1.54, 1.807) is 17.8 Å². The molecule has 0 aromatic heterocycles. The molecule has 0 unspecified atom stereocenters. The Hall–Kier alpha value is -2.73. The second kappa shape index (κ2) is 9.99. The van der Waals surface area contributed by atoms with Crippen LogP contribution in [-0.4, -0.2) is 37.8 Å². The summed E-state index contributed by atoms with van der Waals surface area (Å²) in [5, 5.41) is 2.74. The van der Waals surface area contributed by atoms with E-state index in [2.05, 4.69) is 10.2 Å². The van der Waals surface area contributed by atoms with Crippen LogP contribution >= 0.6 is 11.8 Å². The third-order valence-corrected chi connectivity index (χ3v) is 5.24. The third-order valence-electron chi connectivity index (χ3n) is 4.50. The van der Waals surface area contributed by atoms with E-state index in [-0.39, 0.29) is 12.5 Å². The molecule has 6 heteroatoms. The number of nitrogens with one attached hydrogen (secondary N) is 1. The van der Waals surface area contributed by atoms with E-state index in [1.807, 2.05) is 54.8 Å². The molecule has 1 saturated heterocycles. The molecule has 5 nitrogen and oxygen atoms in total. The Labute approximate surface area is 169 Å². The summed E-state index contributed by atoms with van der Waals surface area (Å²) in [6.45, 7) is 1.84. The van der Waals surface area contributed by atoms with Crippen molar-refractivity contribution in [3.8, 4) is 0 Å². The van der Waals surface area contributed by atoms with Gasteiger partial charge in [0.15, 0.2) is 6.61 Å². The van der Waals surface area contributed by atoms with Crippen molar-refractivity contribution < 1.29 is 14.3 Å². The lowest BCUT2D eigenvalue weighted by atomic mass is 10.2. The number of ether oxygens (including phenoxy) is 1. The molecule has 0 spiro atoms. The maximum absolute atomic E-state index is 12.0. The Morgan fingerprint density at radius 2 is 1.75 bits per heavy atom. The predicted octanol–water partition coefficient (Wildman–Crippen LogP) is 4.20. The maximum atomic E-state index is 12.0. The summed E-state index contributed by atoms with van der Waals surface area (Å²) in [7, 11) is 0. The van der Waals surface area contributed by atoms with Gasteiger partial charge in [-0.15, -0.1) is 11.8 Å². The molecule has 0 radical (unpaired) electrons. The standard InChI is InChI=1S/C22H24N2O3S/c1-28-20-11-4-17(5-12-20)6-13-22(26)27-16-21(25)23-18-7-9-19(10-8-18)24-14-2-3-15-24/h4-13H,2-3,14-16H2,1H3,(H,23,25)/b13-6+. The Bertz CT molecular complexity index is 826. The van der Waals surface area contributed by atoms with Crippen molar-refractivity contribution in [3.05, 3.63) is 60.2 Å². The molecule has 0 aliphatic carbocycles. The first-order valence-corrected chi connectivity index (χ1v) is 10.5. The van der Waals surface area contributed by atoms with E-state index < -0.39 is 5.97 Å². The number of hydrogen-bond donors (Lipinski definition) is 1. The van der Waals surface area contributed by atoms with Gasteiger partial charge in [-0.05, 0) is 67.1 Å². The Kier molecular flexibility index (Phi) is 7.14. The van der Waals surface area contributed by atoms with Crippen LogP contribution in [0.1, 0.15) is 18.4 Å². The monoisotopic (exact) mass is 396 g/mol. The van der Waals surface area contributed by atoms with Crippen LogP contribution in [0.4, 0.5) is 11.4 Å². The molecule has 2 aromatic rings. The highest BCUT2D eigenvalue weighted by atomic mass is 32.2. The number of rotatable bonds is 7. The van der Waals surface area contributed by atoms with Gasteiger partial charge < -0.3 is 15.0 Å². The molecule has 1 N–H and O–H groups in total. The number of carbonyl (C=O) groups is 2. The highest BCUT2D eigenvalue weighted by molar-refractivity contribution is 7.98. The number of anilines is 2. The zero-order chi connectivity index (χ0) is 19.8. The van der Waals surface area contributed by atoms with Crippen LogP contribution in [0.2, 0.25) is 0 Å². The summed E-state index contributed by atoms with van der Waals surface area (Å²) in [6.07, 6.45) is 7.45. The van der Waals surface area contributed by atoms with E-state index >= 15 is 0 Å². The predicted molar refractivity (Wildman–Crippen MR) is 115 cm³/mol. The fraction of sp³-hybridized carbons (Fsp3) is 0.273. The van der Waals surface area contributed by atoms with Gasteiger partial charge in [-0.3, -0.25) is 4.79 Å². The minimum Gasteiger partial charge on any atom is -0.452 e. The summed E-state index contributed by atoms with van der Waals surface area (Å²) in [6, 6.07) is 15.5. The van der Waals surface area contributed by atoms with Crippen molar-refractivity contribution in [1.29, 1.82) is 0 Å². The zero-order valence-corrected chi connectivity index (χ0v) is 16.7. The van der Waals surface area contributed by atoms with Crippen molar-refractivity contribution >= 4 is 41.1 Å². The third kappa shape index (κ3) is 5.89. The van der Waals surface area contributed by atoms with Gasteiger partial charge in [-0.1, -0.05) is 12.1 Å². The average Bonchev–Trinajstić information content (AvgIpc) is 3.26. The van der Waals surface area contributed by atoms with Crippen LogP contribution < -0.4 is 10.2 Å². The largest absolute Gasteiger partial charge is 0.452 e. The highest BCUT2D eigenvalue weighted by Crippen LogP contribution is 2.22. The summed E-state index contributed by atoms with van der Waals surface area (Å²) >= 11 is 1.66. The molecule has 0 atom stereocenters. The van der Waals surface area contributed by atoms with Gasteiger partial charge in [-0.25, -0.2) is 4.79 Å². The lowest BCUT2D eigenvalue weighted by molar-refractivity contribution is -0.142. The van der Waals surface area contributed by atoms with Crippen molar-refractivity contribution in [2.24, 2.45) is 0 Å². The number of hydrogen-bond acceptors (Lipinski definition) is 5. The molecule has 1 amide bonds. The molecule has 146 valence electrons. The fourth-order valence-electron chi connectivity index (χ4n) is 2.99. The van der Waals surface area contributed by atoms with Gasteiger partial charge >= 0.3 is 5.97 Å². The quantitative estimate of drug-likeness (QED) is 0.432. The van der Waals surface area contributed by atoms with Gasteiger partial charge in [0.2, 0.25) is 0 Å². The van der Waals surface area contributed by atoms with Crippen LogP contribution in [0.5, 0.6) is 0 Å². The molecule has 1 fully saturated rings. The number of nitrogens with zero attached hydrogens (tertiary/aromatic N) is 1. The SMILES string of the molecule is CSc1ccc(/C=C/C(=O)OCC(=O)Nc2ccc(N3CCCC3)cc2)cc1. The Balaban J connectivity index is 1.42. The first-order chi connectivity index (χ1) is 13.6. The Morgan fingerprint density at radius 3 is 2.39 bits per heavy atom. The number of amides is 1. The van der Waals surface area contributed by atoms with Crippen molar-refractivity contribution in [2.75, 3.05) is 36.2 Å². The summed E-state index contributed by atoms with van der Waals surface area (Å²) in [5.41, 5.74) is 2.75. The van der Waals surface area contributed by atoms with Crippen molar-refractivity contribution in [1.82, 2.24) is 0 Å². The molecule has 0 bridgehead atoms. The number of benzene rings is 2. The first kappa shape index (κ1) is 20.0. The number of carbonyl (C=O) groups excluding carboxylic acids is 2. The van der Waals surface area contributed by atoms with Crippen LogP contribution in [0.3, 0.4) is 0 Å². The van der Waals surface area contributed by atoms with Gasteiger partial charge in [0, 0.05) is 35.4 Å². The number of esters is 1. The molecule has 0 saturated carbocycles. The maximum Gasteiger partial charge on any atom is 0.331 e. The minimum absolute atomic E-state index is 0.317. The zero-order valence-electron chi connectivity index (χ0n) is 15.9. The summed E-state index contributed by atoms with van der Waals surface area (Å²) in [5.74, 6) is -0.909. The molecule has 1 aliphatic rings. The molecule has 1 aliphatic heterocycles. The van der Waals surface area contributed by atoms with Crippen LogP contribution in [0.15, 0.2) is 59.5 Å². The lowest BCUT2D eigenvalue weighted by Gasteiger charge is -2.17. The molecule has 2 aromatic carbocycles. The van der Waals surface area contributed by atoms with Crippen LogP contribution in [0, 0.1) is 0 Å². The van der Waals surface area contributed by atoms with E-state index in [9.17, 15) is 9.59 Å². The van der Waals surface area contributed by atoms with Crippen molar-refractivity contribution in [2.45, 2.75) is 17.7 Å². The minimum atomic E-state index is -0.548. The number of thioether (sulfide) groups is 1. The summed E-state index contributed by atoms with van der Waals surface area (Å²) < 4.78 is 5.00. The van der Waals surface area contributed by atoms with E-state index in [1.165, 1.54) is 18.9 Å². The molecular weight excluding hydrogens is 372 g/mol. The van der Waals surface area contributed by atoms with Gasteiger partial charge in [0.25, 0.3) is 5.91 Å². The van der Waals surface area contributed by atoms with Gasteiger partial charge in [0.05, 0.1) is 0 Å². The normalized spacial score (nSPS) is 13.7. The first-order valence-electron chi connectivity index (χ1n) is 9.28. The van der Waals surface area contributed by atoms with E-state index in [4.69, 9.17) is 4.74 Å². The van der Waals surface area contributed by atoms with Gasteiger partial charge in [-0.2, -0.15) is 0 Å². The van der Waals surface area contributed by atoms with Crippen LogP contribution in [0.25, 0.3) is 6.08 Å².